The summed E-state index contributed by atoms with van der Waals surface area (Å²) in [4.78, 5) is 35.8. The molecule has 0 heterocycles. The van der Waals surface area contributed by atoms with Crippen molar-refractivity contribution in [3.05, 3.63) is 85.1 Å². The van der Waals surface area contributed by atoms with E-state index in [1.807, 2.05) is 43.4 Å². The Morgan fingerprint density at radius 1 is 0.567 bits per heavy atom. The number of carbonyl (C=O) groups excluding carboxylic acids is 2. The third-order valence-corrected chi connectivity index (χ3v) is 11.9. The van der Waals surface area contributed by atoms with Gasteiger partial charge in [0.15, 0.2) is 6.10 Å². The zero-order chi connectivity index (χ0) is 49.5. The van der Waals surface area contributed by atoms with Crippen LogP contribution in [0, 0.1) is 0 Å². The van der Waals surface area contributed by atoms with Crippen molar-refractivity contribution in [3.63, 3.8) is 0 Å². The van der Waals surface area contributed by atoms with E-state index >= 15 is 0 Å². The van der Waals surface area contributed by atoms with Gasteiger partial charge in [0.1, 0.15) is 43.2 Å². The van der Waals surface area contributed by atoms with Gasteiger partial charge >= 0.3 is 19.8 Å². The van der Waals surface area contributed by atoms with Crippen LogP contribution in [0.5, 0.6) is 0 Å². The molecule has 0 radical (unpaired) electrons. The molecule has 1 rings (SSSR count). The number of carbonyl (C=O) groups is 2. The van der Waals surface area contributed by atoms with Crippen molar-refractivity contribution in [2.24, 2.45) is 0 Å². The number of aliphatic hydroxyl groups is 7. The van der Waals surface area contributed by atoms with E-state index in [4.69, 9.17) is 18.5 Å². The van der Waals surface area contributed by atoms with E-state index in [0.717, 1.165) is 57.8 Å². The number of rotatable bonds is 39. The third kappa shape index (κ3) is 32.4. The molecule has 0 aromatic carbocycles. The summed E-state index contributed by atoms with van der Waals surface area (Å²) in [5.41, 5.74) is 0. The minimum Gasteiger partial charge on any atom is -0.462 e. The van der Waals surface area contributed by atoms with Gasteiger partial charge in [-0.2, -0.15) is 0 Å². The number of hydrogen-bond acceptors (Lipinski definition) is 14. The molecule has 1 fully saturated rings. The van der Waals surface area contributed by atoms with Crippen molar-refractivity contribution in [3.8, 4) is 0 Å². The molecule has 8 N–H and O–H groups in total. The fourth-order valence-corrected chi connectivity index (χ4v) is 7.88. The zero-order valence-electron chi connectivity index (χ0n) is 40.1. The van der Waals surface area contributed by atoms with Gasteiger partial charge in [0.2, 0.25) is 0 Å². The standard InChI is InChI=1S/C51H85O15P/c1-3-5-7-8-9-10-11-12-13-14-15-16-17-18-22-25-31-38-45(55)65-43(40-64-67(61,62)66-51-49(59)47(57)46(56)48(58)50(51)60)39-63-44(54)37-32-26-30-36-42(53)35-29-24-21-19-20-23-28-34-41(52)33-27-6-4-2/h6,12-13,20-21,23-24,27-30,34-36,41-43,46-53,56-60H,3-5,7-11,14-19,22,25-26,31-33,37-40H2,1-2H3,(H,61,62)/b13-12-,23-20-,24-21-,27-6-,34-28+,35-29+,36-30-/t41-,42-,43-,46?,47-,48+,49-,50-,51?/m1/s1. The largest absolute Gasteiger partial charge is 0.472 e. The number of ether oxygens (including phenoxy) is 2. The van der Waals surface area contributed by atoms with Gasteiger partial charge in [-0.15, -0.1) is 0 Å². The van der Waals surface area contributed by atoms with E-state index in [2.05, 4.69) is 19.1 Å². The van der Waals surface area contributed by atoms with Gasteiger partial charge in [-0.3, -0.25) is 18.6 Å². The highest BCUT2D eigenvalue weighted by molar-refractivity contribution is 7.47. The number of phosphoric ester groups is 1. The average molecular weight is 969 g/mol. The molecule has 3 unspecified atom stereocenters. The number of phosphoric acid groups is 1. The fraction of sp³-hybridized carbons (Fsp3) is 0.686. The second kappa shape index (κ2) is 39.8. The molecule has 16 heteroatoms. The minimum absolute atomic E-state index is 0.0242. The van der Waals surface area contributed by atoms with Gasteiger partial charge in [0.05, 0.1) is 18.8 Å². The lowest BCUT2D eigenvalue weighted by Crippen LogP contribution is -2.64. The van der Waals surface area contributed by atoms with E-state index in [0.29, 0.717) is 32.1 Å². The van der Waals surface area contributed by atoms with E-state index in [9.17, 15) is 54.8 Å². The van der Waals surface area contributed by atoms with E-state index in [-0.39, 0.29) is 12.8 Å². The lowest BCUT2D eigenvalue weighted by molar-refractivity contribution is -0.220. The summed E-state index contributed by atoms with van der Waals surface area (Å²) >= 11 is 0. The molecule has 0 saturated heterocycles. The number of unbranched alkanes of at least 4 members (excludes halogenated alkanes) is 14. The van der Waals surface area contributed by atoms with Crippen molar-refractivity contribution >= 4 is 19.8 Å². The molecule has 0 amide bonds. The molecule has 10 atom stereocenters. The zero-order valence-corrected chi connectivity index (χ0v) is 41.0. The van der Waals surface area contributed by atoms with Crippen LogP contribution in [0.15, 0.2) is 85.1 Å². The summed E-state index contributed by atoms with van der Waals surface area (Å²) in [6.45, 7) is 2.94. The van der Waals surface area contributed by atoms with Crippen molar-refractivity contribution in [1.82, 2.24) is 0 Å². The number of esters is 2. The quantitative estimate of drug-likeness (QED) is 0.00956. The van der Waals surface area contributed by atoms with Gasteiger partial charge in [0.25, 0.3) is 0 Å². The molecule has 0 bridgehead atoms. The third-order valence-electron chi connectivity index (χ3n) is 10.9. The Morgan fingerprint density at radius 3 is 1.72 bits per heavy atom. The molecule has 1 aliphatic rings. The van der Waals surface area contributed by atoms with Crippen LogP contribution in [-0.2, 0) is 32.7 Å². The molecule has 1 aliphatic carbocycles. The summed E-state index contributed by atoms with van der Waals surface area (Å²) in [5.74, 6) is -1.29. The monoisotopic (exact) mass is 969 g/mol. The molecular formula is C51H85O15P. The van der Waals surface area contributed by atoms with E-state index in [1.165, 1.54) is 38.5 Å². The van der Waals surface area contributed by atoms with E-state index in [1.54, 1.807) is 36.5 Å². The first-order valence-electron chi connectivity index (χ1n) is 24.6. The Kier molecular flexibility index (Phi) is 36.8. The normalized spacial score (nSPS) is 22.8. The molecule has 0 spiro atoms. The van der Waals surface area contributed by atoms with E-state index < -0.39 is 87.9 Å². The van der Waals surface area contributed by atoms with Crippen LogP contribution in [0.25, 0.3) is 0 Å². The summed E-state index contributed by atoms with van der Waals surface area (Å²) < 4.78 is 33.4. The lowest BCUT2D eigenvalue weighted by atomic mass is 9.85. The van der Waals surface area contributed by atoms with Crippen LogP contribution in [0.1, 0.15) is 155 Å². The summed E-state index contributed by atoms with van der Waals surface area (Å²) in [6.07, 6.45) is 31.2. The Hall–Kier alpha value is -3.05. The predicted octanol–water partition coefficient (Wildman–Crippen LogP) is 8.00. The Morgan fingerprint density at radius 2 is 1.10 bits per heavy atom. The molecule has 0 aromatic rings. The van der Waals surface area contributed by atoms with Crippen LogP contribution in [0.4, 0.5) is 0 Å². The second-order valence-electron chi connectivity index (χ2n) is 17.0. The number of aliphatic hydroxyl groups excluding tert-OH is 7. The first-order chi connectivity index (χ1) is 32.2. The molecule has 0 aliphatic heterocycles. The Bertz CT molecular complexity index is 1530. The highest BCUT2D eigenvalue weighted by atomic mass is 31.2. The molecule has 0 aromatic heterocycles. The molecule has 67 heavy (non-hydrogen) atoms. The fourth-order valence-electron chi connectivity index (χ4n) is 6.90. The van der Waals surface area contributed by atoms with Gasteiger partial charge in [0, 0.05) is 12.8 Å². The molecule has 15 nitrogen and oxygen atoms in total. The molecular weight excluding hydrogens is 884 g/mol. The molecule has 384 valence electrons. The smallest absolute Gasteiger partial charge is 0.462 e. The summed E-state index contributed by atoms with van der Waals surface area (Å²) in [6, 6.07) is 0. The SMILES string of the molecule is CC/C=C\C[C@@H](O)/C=C/C=C\C/C=C\C=C\[C@@H](O)/C=C\CCCC(=O)OC[C@H](COP(=O)(O)OC1[C@H](O)[C@H](O)C(O)[C@H](O)[C@H]1O)OC(=O)CCCCCCCCC/C=C\CCCCCCCC. The maximum Gasteiger partial charge on any atom is 0.472 e. The lowest BCUT2D eigenvalue weighted by Gasteiger charge is -2.41. The predicted molar refractivity (Wildman–Crippen MR) is 260 cm³/mol. The Balaban J connectivity index is 2.55. The van der Waals surface area contributed by atoms with Crippen LogP contribution in [-0.4, -0.2) is 121 Å². The average Bonchev–Trinajstić information content (AvgIpc) is 3.30. The van der Waals surface area contributed by atoms with Gasteiger partial charge in [-0.1, -0.05) is 163 Å². The van der Waals surface area contributed by atoms with Crippen molar-refractivity contribution in [2.45, 2.75) is 210 Å². The van der Waals surface area contributed by atoms with Crippen LogP contribution in [0.3, 0.4) is 0 Å². The Labute approximate surface area is 400 Å². The number of allylic oxidation sites excluding steroid dienone is 10. The first kappa shape index (κ1) is 62.0. The maximum atomic E-state index is 12.8. The van der Waals surface area contributed by atoms with Gasteiger partial charge in [-0.25, -0.2) is 4.57 Å². The highest BCUT2D eigenvalue weighted by Gasteiger charge is 2.51. The van der Waals surface area contributed by atoms with Crippen LogP contribution in [0.2, 0.25) is 0 Å². The highest BCUT2D eigenvalue weighted by Crippen LogP contribution is 2.47. The van der Waals surface area contributed by atoms with Crippen LogP contribution < -0.4 is 0 Å². The van der Waals surface area contributed by atoms with Gasteiger partial charge < -0.3 is 50.1 Å². The second-order valence-corrected chi connectivity index (χ2v) is 18.4. The van der Waals surface area contributed by atoms with Crippen molar-refractivity contribution < 1.29 is 73.3 Å². The van der Waals surface area contributed by atoms with Crippen LogP contribution >= 0.6 is 7.82 Å². The summed E-state index contributed by atoms with van der Waals surface area (Å²) in [7, 11) is -5.18. The summed E-state index contributed by atoms with van der Waals surface area (Å²) in [5, 5.41) is 70.3. The number of hydrogen-bond donors (Lipinski definition) is 8. The first-order valence-corrected chi connectivity index (χ1v) is 26.1. The minimum atomic E-state index is -5.18. The topological polar surface area (TPSA) is 250 Å². The van der Waals surface area contributed by atoms with Gasteiger partial charge in [-0.05, 0) is 64.2 Å². The van der Waals surface area contributed by atoms with Crippen molar-refractivity contribution in [2.75, 3.05) is 13.2 Å². The maximum absolute atomic E-state index is 12.8. The molecule has 1 saturated carbocycles. The van der Waals surface area contributed by atoms with Crippen molar-refractivity contribution in [1.29, 1.82) is 0 Å².